The van der Waals surface area contributed by atoms with E-state index in [1.54, 1.807) is 27.7 Å². The van der Waals surface area contributed by atoms with Crippen molar-refractivity contribution in [3.63, 3.8) is 0 Å². The zero-order valence-electron chi connectivity index (χ0n) is 18.1. The van der Waals surface area contributed by atoms with E-state index in [9.17, 15) is 9.59 Å². The molecule has 6 nitrogen and oxygen atoms in total. The van der Waals surface area contributed by atoms with Gasteiger partial charge in [0, 0.05) is 12.1 Å². The number of pyridine rings is 1. The summed E-state index contributed by atoms with van der Waals surface area (Å²) in [5.74, 6) is 0. The first-order chi connectivity index (χ1) is 12.8. The second kappa shape index (κ2) is 11.5. The average Bonchev–Trinajstić information content (AvgIpc) is 2.54. The number of imide groups is 1. The second-order valence-electron chi connectivity index (χ2n) is 7.48. The van der Waals surface area contributed by atoms with Crippen molar-refractivity contribution in [2.45, 2.75) is 85.9 Å². The first kappa shape index (κ1) is 26.5. The Morgan fingerprint density at radius 1 is 0.893 bits per heavy atom. The lowest BCUT2D eigenvalue weighted by Gasteiger charge is -2.30. The summed E-state index contributed by atoms with van der Waals surface area (Å²) < 4.78 is 10.9. The quantitative estimate of drug-likeness (QED) is 0.455. The van der Waals surface area contributed by atoms with Gasteiger partial charge in [-0.3, -0.25) is 0 Å². The number of nitrogens with zero attached hydrogens (tertiary/aromatic N) is 2. The highest BCUT2D eigenvalue weighted by Gasteiger charge is 2.34. The maximum absolute atomic E-state index is 12.7. The highest BCUT2D eigenvalue weighted by atomic mass is 35.5. The van der Waals surface area contributed by atoms with Crippen molar-refractivity contribution in [1.29, 1.82) is 0 Å². The van der Waals surface area contributed by atoms with Crippen LogP contribution in [-0.4, -0.2) is 28.4 Å². The lowest BCUT2D eigenvalue weighted by molar-refractivity contribution is 0.0271. The van der Waals surface area contributed by atoms with E-state index in [0.29, 0.717) is 12.8 Å². The number of halogens is 2. The smallest absolute Gasteiger partial charge is 0.424 e. The Kier molecular flexibility index (Phi) is 10.8. The summed E-state index contributed by atoms with van der Waals surface area (Å²) in [6.07, 6.45) is 0.643. The molecule has 0 spiro atoms. The van der Waals surface area contributed by atoms with Gasteiger partial charge in [-0.05, 0) is 40.5 Å². The molecule has 0 aliphatic carbocycles. The van der Waals surface area contributed by atoms with Gasteiger partial charge in [0.25, 0.3) is 0 Å². The van der Waals surface area contributed by atoms with E-state index in [2.05, 4.69) is 18.8 Å². The highest BCUT2D eigenvalue weighted by Crippen LogP contribution is 2.27. The molecule has 0 aliphatic rings. The van der Waals surface area contributed by atoms with Crippen LogP contribution in [0.2, 0.25) is 10.3 Å². The predicted octanol–water partition coefficient (Wildman–Crippen LogP) is 7.26. The monoisotopic (exact) mass is 434 g/mol. The molecule has 0 aromatic carbocycles. The summed E-state index contributed by atoms with van der Waals surface area (Å²) in [5.41, 5.74) is -1.38. The summed E-state index contributed by atoms with van der Waals surface area (Å²) in [6.45, 7) is 15.0. The van der Waals surface area contributed by atoms with Gasteiger partial charge in [-0.1, -0.05) is 57.3 Å². The average molecular weight is 435 g/mol. The first-order valence-electron chi connectivity index (χ1n) is 9.41. The Morgan fingerprint density at radius 3 is 1.50 bits per heavy atom. The number of hydrogen-bond donors (Lipinski definition) is 0. The molecule has 28 heavy (non-hydrogen) atoms. The molecular formula is C20H32Cl2N2O4. The predicted molar refractivity (Wildman–Crippen MR) is 114 cm³/mol. The Morgan fingerprint density at radius 2 is 1.21 bits per heavy atom. The van der Waals surface area contributed by atoms with Crippen LogP contribution in [-0.2, 0) is 9.47 Å². The minimum absolute atomic E-state index is 0.0394. The van der Waals surface area contributed by atoms with Crippen LogP contribution in [0.25, 0.3) is 0 Å². The fourth-order valence-corrected chi connectivity index (χ4v) is 2.02. The van der Waals surface area contributed by atoms with Gasteiger partial charge in [-0.25, -0.2) is 14.6 Å². The van der Waals surface area contributed by atoms with Crippen LogP contribution in [0.3, 0.4) is 0 Å². The third-order valence-corrected chi connectivity index (χ3v) is 4.19. The van der Waals surface area contributed by atoms with E-state index in [0.717, 1.165) is 4.90 Å². The number of carbonyl (C=O) groups excluding carboxylic acids is 2. The van der Waals surface area contributed by atoms with Gasteiger partial charge in [0.15, 0.2) is 0 Å². The Balaban J connectivity index is 0.00000227. The molecular weight excluding hydrogens is 403 g/mol. The second-order valence-corrected chi connectivity index (χ2v) is 8.25. The van der Waals surface area contributed by atoms with Crippen LogP contribution in [0.15, 0.2) is 12.1 Å². The number of ether oxygens (including phenoxy) is 2. The zero-order valence-corrected chi connectivity index (χ0v) is 19.6. The van der Waals surface area contributed by atoms with Crippen molar-refractivity contribution in [2.75, 3.05) is 4.90 Å². The summed E-state index contributed by atoms with van der Waals surface area (Å²) >= 11 is 11.8. The molecule has 0 saturated carbocycles. The van der Waals surface area contributed by atoms with Gasteiger partial charge >= 0.3 is 12.2 Å². The van der Waals surface area contributed by atoms with Crippen LogP contribution < -0.4 is 4.90 Å². The van der Waals surface area contributed by atoms with Gasteiger partial charge in [-0.2, -0.15) is 4.90 Å². The van der Waals surface area contributed by atoms with Gasteiger partial charge in [-0.15, -0.1) is 0 Å². The molecule has 1 rings (SSSR count). The van der Waals surface area contributed by atoms with E-state index < -0.39 is 23.4 Å². The molecule has 0 unspecified atom stereocenters. The molecule has 8 heteroatoms. The standard InChI is InChI=1S/C17H24Cl2N2O4.C3H8/c1-7-16(3,4)24-14(22)21(15(23)25-17(5,6)8-2)11-9-12(18)20-13(19)10-11;1-3-2/h9-10H,7-8H2,1-6H3;3H2,1-2H3. The largest absolute Gasteiger partial charge is 0.443 e. The molecule has 0 fully saturated rings. The normalized spacial score (nSPS) is 11.2. The van der Waals surface area contributed by atoms with E-state index in [-0.39, 0.29) is 16.0 Å². The van der Waals surface area contributed by atoms with Gasteiger partial charge in [0.05, 0.1) is 5.69 Å². The molecule has 2 amide bonds. The molecule has 1 aromatic heterocycles. The lowest BCUT2D eigenvalue weighted by Crippen LogP contribution is -2.44. The van der Waals surface area contributed by atoms with Crippen LogP contribution in [0.1, 0.15) is 74.7 Å². The van der Waals surface area contributed by atoms with Crippen molar-refractivity contribution in [3.8, 4) is 0 Å². The number of hydrogen-bond acceptors (Lipinski definition) is 5. The van der Waals surface area contributed by atoms with E-state index in [1.807, 2.05) is 13.8 Å². The molecule has 0 bridgehead atoms. The number of carbonyl (C=O) groups is 2. The Labute approximate surface area is 178 Å². The van der Waals surface area contributed by atoms with Crippen molar-refractivity contribution >= 4 is 41.1 Å². The lowest BCUT2D eigenvalue weighted by atomic mass is 10.1. The maximum Gasteiger partial charge on any atom is 0.424 e. The Hall–Kier alpha value is -1.53. The van der Waals surface area contributed by atoms with Crippen molar-refractivity contribution in [3.05, 3.63) is 22.4 Å². The molecule has 0 N–H and O–H groups in total. The minimum atomic E-state index is -0.873. The van der Waals surface area contributed by atoms with Crippen molar-refractivity contribution < 1.29 is 19.1 Å². The minimum Gasteiger partial charge on any atom is -0.443 e. The molecule has 0 radical (unpaired) electrons. The number of amides is 2. The van der Waals surface area contributed by atoms with Gasteiger partial charge in [0.1, 0.15) is 21.5 Å². The van der Waals surface area contributed by atoms with E-state index >= 15 is 0 Å². The van der Waals surface area contributed by atoms with Gasteiger partial charge in [0.2, 0.25) is 0 Å². The Bertz CT molecular complexity index is 613. The molecule has 0 atom stereocenters. The SMILES string of the molecule is CCC.CCC(C)(C)OC(=O)N(C(=O)OC(C)(C)CC)c1cc(Cl)nc(Cl)c1. The van der Waals surface area contributed by atoms with Crippen LogP contribution >= 0.6 is 23.2 Å². The highest BCUT2D eigenvalue weighted by molar-refractivity contribution is 6.33. The fraction of sp³-hybridized carbons (Fsp3) is 0.650. The van der Waals surface area contributed by atoms with Crippen LogP contribution in [0.5, 0.6) is 0 Å². The molecule has 0 saturated heterocycles. The number of aromatic nitrogens is 1. The van der Waals surface area contributed by atoms with Crippen molar-refractivity contribution in [2.24, 2.45) is 0 Å². The van der Waals surface area contributed by atoms with Crippen molar-refractivity contribution in [1.82, 2.24) is 4.98 Å². The maximum atomic E-state index is 12.7. The first-order valence-corrected chi connectivity index (χ1v) is 10.2. The molecule has 1 aromatic rings. The zero-order chi connectivity index (χ0) is 22.1. The topological polar surface area (TPSA) is 68.7 Å². The van der Waals surface area contributed by atoms with Gasteiger partial charge < -0.3 is 9.47 Å². The van der Waals surface area contributed by atoms with Crippen LogP contribution in [0, 0.1) is 0 Å². The molecule has 0 aliphatic heterocycles. The summed E-state index contributed by atoms with van der Waals surface area (Å²) in [6, 6.07) is 2.68. The van der Waals surface area contributed by atoms with E-state index in [4.69, 9.17) is 32.7 Å². The van der Waals surface area contributed by atoms with E-state index in [1.165, 1.54) is 18.6 Å². The van der Waals surface area contributed by atoms with Crippen LogP contribution in [0.4, 0.5) is 15.3 Å². The number of anilines is 1. The molecule has 160 valence electrons. The number of rotatable bonds is 5. The summed E-state index contributed by atoms with van der Waals surface area (Å²) in [4.78, 5) is 29.9. The third-order valence-electron chi connectivity index (χ3n) is 3.80. The fourth-order valence-electron chi connectivity index (χ4n) is 1.58. The molecule has 1 heterocycles. The summed E-state index contributed by atoms with van der Waals surface area (Å²) in [7, 11) is 0. The summed E-state index contributed by atoms with van der Waals surface area (Å²) in [5, 5.41) is 0.0789. The third kappa shape index (κ3) is 9.11.